The van der Waals surface area contributed by atoms with E-state index in [-0.39, 0.29) is 16.7 Å². The van der Waals surface area contributed by atoms with Crippen LogP contribution in [0.15, 0.2) is 78.0 Å². The molecule has 0 aliphatic carbocycles. The molecule has 4 aromatic rings. The zero-order valence-electron chi connectivity index (χ0n) is 17.2. The summed E-state index contributed by atoms with van der Waals surface area (Å²) in [6, 6.07) is 19.7. The molecule has 3 aromatic carbocycles. The molecule has 0 unspecified atom stereocenters. The second-order valence-electron chi connectivity index (χ2n) is 7.24. The average molecular weight is 440 g/mol. The summed E-state index contributed by atoms with van der Waals surface area (Å²) in [6.07, 6.45) is 3.31. The third-order valence-electron chi connectivity index (χ3n) is 5.06. The predicted molar refractivity (Wildman–Crippen MR) is 121 cm³/mol. The van der Waals surface area contributed by atoms with Gasteiger partial charge >= 0.3 is 5.97 Å². The summed E-state index contributed by atoms with van der Waals surface area (Å²) in [5.41, 5.74) is 4.87. The summed E-state index contributed by atoms with van der Waals surface area (Å²) in [4.78, 5) is 23.5. The number of benzene rings is 3. The number of nitrogens with one attached hydrogen (secondary N) is 1. The van der Waals surface area contributed by atoms with E-state index < -0.39 is 17.7 Å². The number of carbonyl (C=O) groups excluding carboxylic acids is 1. The minimum absolute atomic E-state index is 0.120. The highest BCUT2D eigenvalue weighted by Crippen LogP contribution is 2.21. The molecule has 0 fully saturated rings. The van der Waals surface area contributed by atoms with E-state index in [9.17, 15) is 19.1 Å². The lowest BCUT2D eigenvalue weighted by Gasteiger charge is -2.06. The molecule has 1 heterocycles. The lowest BCUT2D eigenvalue weighted by molar-refractivity contribution is 0.0696. The van der Waals surface area contributed by atoms with Gasteiger partial charge in [0, 0.05) is 29.2 Å². The van der Waals surface area contributed by atoms with E-state index in [0.717, 1.165) is 28.1 Å². The maximum atomic E-state index is 14.0. The van der Waals surface area contributed by atoms with Crippen molar-refractivity contribution in [3.8, 4) is 6.07 Å². The Morgan fingerprint density at radius 3 is 2.70 bits per heavy atom. The van der Waals surface area contributed by atoms with Gasteiger partial charge in [-0.25, -0.2) is 14.6 Å². The van der Waals surface area contributed by atoms with Crippen LogP contribution in [0.2, 0.25) is 0 Å². The molecule has 4 rings (SSSR count). The number of carbonyl (C=O) groups is 2. The van der Waals surface area contributed by atoms with Gasteiger partial charge in [-0.2, -0.15) is 10.4 Å². The summed E-state index contributed by atoms with van der Waals surface area (Å²) in [7, 11) is 0. The van der Waals surface area contributed by atoms with Crippen molar-refractivity contribution in [2.75, 3.05) is 0 Å². The minimum Gasteiger partial charge on any atom is -0.478 e. The van der Waals surface area contributed by atoms with Crippen LogP contribution in [0.4, 0.5) is 4.39 Å². The van der Waals surface area contributed by atoms with E-state index in [4.69, 9.17) is 5.26 Å². The molecule has 0 aliphatic heterocycles. The number of aromatic carboxylic acids is 1. The van der Waals surface area contributed by atoms with E-state index in [0.29, 0.717) is 6.54 Å². The Morgan fingerprint density at radius 2 is 1.94 bits per heavy atom. The van der Waals surface area contributed by atoms with Crippen molar-refractivity contribution >= 4 is 29.0 Å². The molecule has 33 heavy (non-hydrogen) atoms. The number of nitrogens with zero attached hydrogens (tertiary/aromatic N) is 3. The molecule has 0 radical (unpaired) electrons. The number of rotatable bonds is 6. The molecule has 0 bridgehead atoms. The van der Waals surface area contributed by atoms with Gasteiger partial charge in [0.05, 0.1) is 29.0 Å². The highest BCUT2D eigenvalue weighted by Gasteiger charge is 2.12. The van der Waals surface area contributed by atoms with Crippen molar-refractivity contribution in [1.82, 2.24) is 9.99 Å². The molecule has 0 aliphatic rings. The van der Waals surface area contributed by atoms with Crippen LogP contribution in [-0.2, 0) is 6.54 Å². The Morgan fingerprint density at radius 1 is 1.12 bits per heavy atom. The number of carboxylic acid groups (broad SMARTS) is 1. The molecule has 0 atom stereocenters. The molecule has 2 N–H and O–H groups in total. The first kappa shape index (κ1) is 21.5. The van der Waals surface area contributed by atoms with Crippen molar-refractivity contribution in [3.63, 3.8) is 0 Å². The van der Waals surface area contributed by atoms with Crippen LogP contribution in [0.3, 0.4) is 0 Å². The number of aromatic nitrogens is 1. The van der Waals surface area contributed by atoms with Gasteiger partial charge < -0.3 is 9.67 Å². The molecular formula is C25H17FN4O3. The summed E-state index contributed by atoms with van der Waals surface area (Å²) in [6.45, 7) is 0.443. The van der Waals surface area contributed by atoms with Crippen LogP contribution in [0.5, 0.6) is 0 Å². The van der Waals surface area contributed by atoms with Gasteiger partial charge in [-0.3, -0.25) is 4.79 Å². The topological polar surface area (TPSA) is 107 Å². The number of amides is 1. The molecule has 8 heteroatoms. The number of hydrogen-bond donors (Lipinski definition) is 2. The Kier molecular flexibility index (Phi) is 5.96. The zero-order chi connectivity index (χ0) is 23.4. The lowest BCUT2D eigenvalue weighted by Crippen LogP contribution is -2.19. The van der Waals surface area contributed by atoms with Crippen molar-refractivity contribution < 1.29 is 19.1 Å². The van der Waals surface area contributed by atoms with E-state index in [2.05, 4.69) is 10.5 Å². The average Bonchev–Trinajstić information content (AvgIpc) is 3.16. The highest BCUT2D eigenvalue weighted by molar-refractivity contribution is 6.00. The quantitative estimate of drug-likeness (QED) is 0.347. The second kappa shape index (κ2) is 9.16. The molecule has 1 amide bonds. The first-order chi connectivity index (χ1) is 16.0. The SMILES string of the molecule is N#Cc1ccc(C(=O)N/N=C\c2cn(Cc3cccc(C(=O)O)c3)c3ccccc23)c(F)c1. The van der Waals surface area contributed by atoms with Gasteiger partial charge in [-0.1, -0.05) is 30.3 Å². The Hall–Kier alpha value is -4.77. The third-order valence-corrected chi connectivity index (χ3v) is 5.06. The Labute approximate surface area is 188 Å². The van der Waals surface area contributed by atoms with Gasteiger partial charge in [0.15, 0.2) is 0 Å². The number of hydrazone groups is 1. The van der Waals surface area contributed by atoms with Gasteiger partial charge in [0.25, 0.3) is 5.91 Å². The van der Waals surface area contributed by atoms with Gasteiger partial charge in [-0.05, 0) is 42.0 Å². The molecule has 162 valence electrons. The number of carboxylic acids is 1. The van der Waals surface area contributed by atoms with Crippen molar-refractivity contribution in [2.24, 2.45) is 5.10 Å². The summed E-state index contributed by atoms with van der Waals surface area (Å²) in [5, 5.41) is 22.9. The number of para-hydroxylation sites is 1. The maximum absolute atomic E-state index is 14.0. The van der Waals surface area contributed by atoms with E-state index in [1.165, 1.54) is 24.4 Å². The fourth-order valence-electron chi connectivity index (χ4n) is 3.50. The van der Waals surface area contributed by atoms with Crippen LogP contribution in [0, 0.1) is 17.1 Å². The first-order valence-corrected chi connectivity index (χ1v) is 9.89. The number of nitriles is 1. The van der Waals surface area contributed by atoms with E-state index in [1.807, 2.05) is 47.2 Å². The van der Waals surface area contributed by atoms with E-state index >= 15 is 0 Å². The number of fused-ring (bicyclic) bond motifs is 1. The minimum atomic E-state index is -0.989. The van der Waals surface area contributed by atoms with Crippen molar-refractivity contribution in [1.29, 1.82) is 5.26 Å². The van der Waals surface area contributed by atoms with E-state index in [1.54, 1.807) is 12.1 Å². The molecule has 1 aromatic heterocycles. The Balaban J connectivity index is 1.57. The maximum Gasteiger partial charge on any atom is 0.335 e. The fourth-order valence-corrected chi connectivity index (χ4v) is 3.50. The second-order valence-corrected chi connectivity index (χ2v) is 7.24. The van der Waals surface area contributed by atoms with Gasteiger partial charge in [-0.15, -0.1) is 0 Å². The van der Waals surface area contributed by atoms with Crippen molar-refractivity contribution in [3.05, 3.63) is 107 Å². The summed E-state index contributed by atoms with van der Waals surface area (Å²) in [5.74, 6) is -2.53. The number of halogens is 1. The molecule has 0 saturated heterocycles. The molecule has 0 spiro atoms. The lowest BCUT2D eigenvalue weighted by atomic mass is 10.1. The standard InChI is InChI=1S/C25H17FN4O3/c26-22-11-16(12-27)8-9-21(22)24(31)29-28-13-19-15-30(23-7-2-1-6-20(19)23)14-17-4-3-5-18(10-17)25(32)33/h1-11,13,15H,14H2,(H,29,31)(H,32,33)/b28-13-. The van der Waals surface area contributed by atoms with Crippen LogP contribution in [-0.4, -0.2) is 27.8 Å². The summed E-state index contributed by atoms with van der Waals surface area (Å²) < 4.78 is 16.0. The molecule has 0 saturated carbocycles. The zero-order valence-corrected chi connectivity index (χ0v) is 17.2. The molecular weight excluding hydrogens is 423 g/mol. The van der Waals surface area contributed by atoms with Crippen LogP contribution < -0.4 is 5.43 Å². The third kappa shape index (κ3) is 4.62. The smallest absolute Gasteiger partial charge is 0.335 e. The Bertz CT molecular complexity index is 1450. The summed E-state index contributed by atoms with van der Waals surface area (Å²) >= 11 is 0. The monoisotopic (exact) mass is 440 g/mol. The van der Waals surface area contributed by atoms with Gasteiger partial charge in [0.1, 0.15) is 5.82 Å². The van der Waals surface area contributed by atoms with Crippen molar-refractivity contribution in [2.45, 2.75) is 6.54 Å². The first-order valence-electron chi connectivity index (χ1n) is 9.89. The normalized spacial score (nSPS) is 10.9. The van der Waals surface area contributed by atoms with Crippen LogP contribution >= 0.6 is 0 Å². The van der Waals surface area contributed by atoms with Gasteiger partial charge in [0.2, 0.25) is 0 Å². The largest absolute Gasteiger partial charge is 0.478 e. The van der Waals surface area contributed by atoms with Crippen LogP contribution in [0.25, 0.3) is 10.9 Å². The molecule has 7 nitrogen and oxygen atoms in total. The van der Waals surface area contributed by atoms with Crippen LogP contribution in [0.1, 0.15) is 37.4 Å². The fraction of sp³-hybridized carbons (Fsp3) is 0.0400. The number of hydrogen-bond acceptors (Lipinski definition) is 4. The predicted octanol–water partition coefficient (Wildman–Crippen LogP) is 4.16. The highest BCUT2D eigenvalue weighted by atomic mass is 19.1.